The number of hydrogen-bond donors (Lipinski definition) is 1. The van der Waals surface area contributed by atoms with E-state index in [0.717, 1.165) is 12.1 Å². The normalized spacial score (nSPS) is 33.7. The summed E-state index contributed by atoms with van der Waals surface area (Å²) in [4.78, 5) is 2.60. The van der Waals surface area contributed by atoms with E-state index < -0.39 is 0 Å². The van der Waals surface area contributed by atoms with Crippen LogP contribution >= 0.6 is 0 Å². The van der Waals surface area contributed by atoms with Gasteiger partial charge >= 0.3 is 0 Å². The first-order valence-electron chi connectivity index (χ1n) is 5.55. The first-order valence-corrected chi connectivity index (χ1v) is 5.55. The van der Waals surface area contributed by atoms with Crippen LogP contribution < -0.4 is 5.32 Å². The molecule has 0 bridgehead atoms. The summed E-state index contributed by atoms with van der Waals surface area (Å²) in [6.07, 6.45) is 5.60. The first-order chi connectivity index (χ1) is 6.08. The molecule has 1 aliphatic heterocycles. The zero-order valence-corrected chi connectivity index (χ0v) is 9.14. The highest BCUT2D eigenvalue weighted by Crippen LogP contribution is 2.29. The average Bonchev–Trinajstić information content (AvgIpc) is 2.26. The topological polar surface area (TPSA) is 15.3 Å². The van der Waals surface area contributed by atoms with Gasteiger partial charge in [0.2, 0.25) is 0 Å². The van der Waals surface area contributed by atoms with Crippen molar-refractivity contribution in [3.05, 3.63) is 0 Å². The molecule has 0 aromatic carbocycles. The Labute approximate surface area is 81.7 Å². The average molecular weight is 182 g/mol. The molecular formula is C11H22N2. The third-order valence-electron chi connectivity index (χ3n) is 3.79. The van der Waals surface area contributed by atoms with E-state index in [1.54, 1.807) is 0 Å². The SMILES string of the molecule is CN(C1CCC1)C1CNC(C)(C)C1. The summed E-state index contributed by atoms with van der Waals surface area (Å²) in [5, 5.41) is 3.59. The van der Waals surface area contributed by atoms with E-state index in [1.807, 2.05) is 0 Å². The van der Waals surface area contributed by atoms with E-state index in [4.69, 9.17) is 0 Å². The molecule has 1 saturated heterocycles. The van der Waals surface area contributed by atoms with Crippen molar-refractivity contribution < 1.29 is 0 Å². The number of rotatable bonds is 2. The Balaban J connectivity index is 1.87. The largest absolute Gasteiger partial charge is 0.310 e. The van der Waals surface area contributed by atoms with Crippen LogP contribution in [0.25, 0.3) is 0 Å². The lowest BCUT2D eigenvalue weighted by atomic mass is 9.90. The van der Waals surface area contributed by atoms with Crippen molar-refractivity contribution in [3.8, 4) is 0 Å². The van der Waals surface area contributed by atoms with Crippen LogP contribution in [0.4, 0.5) is 0 Å². The van der Waals surface area contributed by atoms with Gasteiger partial charge in [-0.25, -0.2) is 0 Å². The Bertz CT molecular complexity index is 185. The van der Waals surface area contributed by atoms with Gasteiger partial charge < -0.3 is 5.32 Å². The molecule has 2 rings (SSSR count). The maximum Gasteiger partial charge on any atom is 0.0238 e. The summed E-state index contributed by atoms with van der Waals surface area (Å²) in [6.45, 7) is 5.79. The Kier molecular flexibility index (Phi) is 2.37. The van der Waals surface area contributed by atoms with Crippen molar-refractivity contribution in [2.45, 2.75) is 57.2 Å². The summed E-state index contributed by atoms with van der Waals surface area (Å²) in [7, 11) is 2.30. The molecule has 1 heterocycles. The molecule has 0 radical (unpaired) electrons. The molecule has 2 fully saturated rings. The summed E-state index contributed by atoms with van der Waals surface area (Å²) in [5.41, 5.74) is 0.364. The fraction of sp³-hybridized carbons (Fsp3) is 1.00. The van der Waals surface area contributed by atoms with E-state index in [1.165, 1.54) is 32.2 Å². The van der Waals surface area contributed by atoms with Crippen molar-refractivity contribution in [2.75, 3.05) is 13.6 Å². The highest BCUT2D eigenvalue weighted by Gasteiger charge is 2.36. The minimum absolute atomic E-state index is 0.364. The highest BCUT2D eigenvalue weighted by atomic mass is 15.2. The molecule has 2 nitrogen and oxygen atoms in total. The van der Waals surface area contributed by atoms with Crippen LogP contribution in [-0.2, 0) is 0 Å². The smallest absolute Gasteiger partial charge is 0.0238 e. The van der Waals surface area contributed by atoms with Crippen LogP contribution in [0.5, 0.6) is 0 Å². The lowest BCUT2D eigenvalue weighted by Crippen LogP contribution is -2.44. The van der Waals surface area contributed by atoms with Gasteiger partial charge in [-0.1, -0.05) is 6.42 Å². The quantitative estimate of drug-likeness (QED) is 0.698. The summed E-state index contributed by atoms with van der Waals surface area (Å²) in [5.74, 6) is 0. The van der Waals surface area contributed by atoms with Crippen molar-refractivity contribution >= 4 is 0 Å². The lowest BCUT2D eigenvalue weighted by Gasteiger charge is -2.38. The van der Waals surface area contributed by atoms with Crippen molar-refractivity contribution in [1.82, 2.24) is 10.2 Å². The van der Waals surface area contributed by atoms with Crippen molar-refractivity contribution in [1.29, 1.82) is 0 Å². The van der Waals surface area contributed by atoms with Crippen LogP contribution in [0.3, 0.4) is 0 Å². The van der Waals surface area contributed by atoms with Gasteiger partial charge in [0.15, 0.2) is 0 Å². The molecule has 0 spiro atoms. The van der Waals surface area contributed by atoms with Crippen molar-refractivity contribution in [2.24, 2.45) is 0 Å². The van der Waals surface area contributed by atoms with Gasteiger partial charge in [0.1, 0.15) is 0 Å². The van der Waals surface area contributed by atoms with Gasteiger partial charge in [0, 0.05) is 24.2 Å². The molecule has 1 N–H and O–H groups in total. The Hall–Kier alpha value is -0.0800. The Morgan fingerprint density at radius 1 is 1.23 bits per heavy atom. The van der Waals surface area contributed by atoms with E-state index in [2.05, 4.69) is 31.1 Å². The van der Waals surface area contributed by atoms with Crippen LogP contribution in [0.2, 0.25) is 0 Å². The van der Waals surface area contributed by atoms with Gasteiger partial charge in [-0.2, -0.15) is 0 Å². The second-order valence-electron chi connectivity index (χ2n) is 5.37. The number of nitrogens with zero attached hydrogens (tertiary/aromatic N) is 1. The monoisotopic (exact) mass is 182 g/mol. The molecule has 0 aromatic heterocycles. The number of hydrogen-bond acceptors (Lipinski definition) is 2. The van der Waals surface area contributed by atoms with Gasteiger partial charge in [0.05, 0.1) is 0 Å². The number of nitrogens with one attached hydrogen (secondary N) is 1. The molecule has 2 heteroatoms. The maximum atomic E-state index is 3.59. The summed E-state index contributed by atoms with van der Waals surface area (Å²) >= 11 is 0. The molecule has 1 unspecified atom stereocenters. The molecule has 1 saturated carbocycles. The molecule has 1 atom stereocenters. The minimum Gasteiger partial charge on any atom is -0.310 e. The standard InChI is InChI=1S/C11H22N2/c1-11(2)7-10(8-12-11)13(3)9-5-4-6-9/h9-10,12H,4-8H2,1-3H3. The van der Waals surface area contributed by atoms with Crippen LogP contribution in [0.1, 0.15) is 39.5 Å². The summed E-state index contributed by atoms with van der Waals surface area (Å²) in [6, 6.07) is 1.67. The van der Waals surface area contributed by atoms with Crippen molar-refractivity contribution in [3.63, 3.8) is 0 Å². The van der Waals surface area contributed by atoms with Crippen LogP contribution in [0.15, 0.2) is 0 Å². The molecule has 0 aromatic rings. The molecular weight excluding hydrogens is 160 g/mol. The van der Waals surface area contributed by atoms with Gasteiger partial charge in [-0.15, -0.1) is 0 Å². The third kappa shape index (κ3) is 1.89. The van der Waals surface area contributed by atoms with Gasteiger partial charge in [-0.05, 0) is 40.2 Å². The van der Waals surface area contributed by atoms with E-state index in [-0.39, 0.29) is 0 Å². The molecule has 13 heavy (non-hydrogen) atoms. The van der Waals surface area contributed by atoms with E-state index in [0.29, 0.717) is 5.54 Å². The predicted octanol–water partition coefficient (Wildman–Crippen LogP) is 1.61. The maximum absolute atomic E-state index is 3.59. The van der Waals surface area contributed by atoms with E-state index in [9.17, 15) is 0 Å². The van der Waals surface area contributed by atoms with Gasteiger partial charge in [-0.3, -0.25) is 4.90 Å². The van der Waals surface area contributed by atoms with E-state index >= 15 is 0 Å². The lowest BCUT2D eigenvalue weighted by molar-refractivity contribution is 0.115. The molecule has 2 aliphatic rings. The number of likely N-dealkylation sites (N-methyl/N-ethyl adjacent to an activating group) is 1. The highest BCUT2D eigenvalue weighted by molar-refractivity contribution is 4.96. The Morgan fingerprint density at radius 2 is 1.92 bits per heavy atom. The second kappa shape index (κ2) is 3.25. The molecule has 76 valence electrons. The minimum atomic E-state index is 0.364. The second-order valence-corrected chi connectivity index (χ2v) is 5.37. The van der Waals surface area contributed by atoms with Crippen LogP contribution in [-0.4, -0.2) is 36.1 Å². The molecule has 0 amide bonds. The zero-order chi connectivity index (χ0) is 9.47. The first kappa shape index (κ1) is 9.47. The summed E-state index contributed by atoms with van der Waals surface area (Å²) < 4.78 is 0. The zero-order valence-electron chi connectivity index (χ0n) is 9.14. The van der Waals surface area contributed by atoms with Gasteiger partial charge in [0.25, 0.3) is 0 Å². The molecule has 1 aliphatic carbocycles. The third-order valence-corrected chi connectivity index (χ3v) is 3.79. The Morgan fingerprint density at radius 3 is 2.31 bits per heavy atom. The fourth-order valence-corrected chi connectivity index (χ4v) is 2.51. The van der Waals surface area contributed by atoms with Crippen LogP contribution in [0, 0.1) is 0 Å². The fourth-order valence-electron chi connectivity index (χ4n) is 2.51. The predicted molar refractivity (Wildman–Crippen MR) is 55.9 cm³/mol.